The van der Waals surface area contributed by atoms with Crippen LogP contribution in [0.25, 0.3) is 11.0 Å². The Balaban J connectivity index is 1.37. The van der Waals surface area contributed by atoms with Crippen LogP contribution in [0.4, 0.5) is 0 Å². The number of carbonyl (C=O) groups is 2. The third kappa shape index (κ3) is 4.16. The topological polar surface area (TPSA) is 78.1 Å². The molecule has 2 aromatic carbocycles. The van der Waals surface area contributed by atoms with E-state index in [1.54, 1.807) is 6.07 Å². The number of carbonyl (C=O) groups excluding carboxylic acids is 2. The molecule has 1 fully saturated rings. The lowest BCUT2D eigenvalue weighted by atomic mass is 9.97. The Kier molecular flexibility index (Phi) is 5.34. The van der Waals surface area contributed by atoms with Crippen molar-refractivity contribution in [2.75, 3.05) is 19.6 Å². The molecule has 2 N–H and O–H groups in total. The maximum Gasteiger partial charge on any atom is 0.251 e. The van der Waals surface area contributed by atoms with Crippen LogP contribution in [-0.2, 0) is 4.79 Å². The SMILES string of the molecule is Cc1ccc(C(=O)NCC(=O)N2CCC[C@@H](c3nc4ccccc4[nH]3)C2)cc1C. The minimum absolute atomic E-state index is 0.0125. The van der Waals surface area contributed by atoms with Crippen molar-refractivity contribution >= 4 is 22.8 Å². The van der Waals surface area contributed by atoms with Crippen molar-refractivity contribution in [2.24, 2.45) is 0 Å². The Morgan fingerprint density at radius 2 is 2.00 bits per heavy atom. The van der Waals surface area contributed by atoms with Gasteiger partial charge in [0.05, 0.1) is 17.6 Å². The number of aryl methyl sites for hydroxylation is 2. The van der Waals surface area contributed by atoms with E-state index in [1.165, 1.54) is 0 Å². The number of imidazole rings is 1. The summed E-state index contributed by atoms with van der Waals surface area (Å²) in [5, 5.41) is 2.77. The second kappa shape index (κ2) is 8.07. The van der Waals surface area contributed by atoms with Crippen LogP contribution in [0.15, 0.2) is 42.5 Å². The van der Waals surface area contributed by atoms with E-state index < -0.39 is 0 Å². The van der Waals surface area contributed by atoms with Crippen LogP contribution >= 0.6 is 0 Å². The number of nitrogens with one attached hydrogen (secondary N) is 2. The van der Waals surface area contributed by atoms with E-state index in [2.05, 4.69) is 10.3 Å². The highest BCUT2D eigenvalue weighted by Crippen LogP contribution is 2.26. The Bertz CT molecular complexity index is 1020. The highest BCUT2D eigenvalue weighted by molar-refractivity contribution is 5.96. The summed E-state index contributed by atoms with van der Waals surface area (Å²) in [6.45, 7) is 5.34. The average Bonchev–Trinajstić information content (AvgIpc) is 3.18. The van der Waals surface area contributed by atoms with Gasteiger partial charge in [-0.2, -0.15) is 0 Å². The van der Waals surface area contributed by atoms with Crippen LogP contribution in [0.2, 0.25) is 0 Å². The van der Waals surface area contributed by atoms with Gasteiger partial charge in [0.2, 0.25) is 5.91 Å². The molecule has 1 saturated heterocycles. The third-order valence-corrected chi connectivity index (χ3v) is 5.74. The van der Waals surface area contributed by atoms with E-state index in [0.29, 0.717) is 12.1 Å². The molecule has 0 aliphatic carbocycles. The molecule has 0 radical (unpaired) electrons. The lowest BCUT2D eigenvalue weighted by Crippen LogP contribution is -2.44. The Labute approximate surface area is 170 Å². The Morgan fingerprint density at radius 3 is 2.79 bits per heavy atom. The third-order valence-electron chi connectivity index (χ3n) is 5.74. The number of piperidine rings is 1. The number of benzene rings is 2. The van der Waals surface area contributed by atoms with Gasteiger partial charge in [0.1, 0.15) is 5.82 Å². The summed E-state index contributed by atoms with van der Waals surface area (Å²) in [5.74, 6) is 0.855. The zero-order chi connectivity index (χ0) is 20.4. The number of nitrogens with zero attached hydrogens (tertiary/aromatic N) is 2. The summed E-state index contributed by atoms with van der Waals surface area (Å²) in [4.78, 5) is 35.0. The quantitative estimate of drug-likeness (QED) is 0.717. The fourth-order valence-electron chi connectivity index (χ4n) is 3.85. The first-order chi connectivity index (χ1) is 14.0. The van der Waals surface area contributed by atoms with E-state index in [0.717, 1.165) is 47.4 Å². The minimum Gasteiger partial charge on any atom is -0.343 e. The van der Waals surface area contributed by atoms with Crippen LogP contribution in [0.3, 0.4) is 0 Å². The van der Waals surface area contributed by atoms with Crippen LogP contribution < -0.4 is 5.32 Å². The highest BCUT2D eigenvalue weighted by atomic mass is 16.2. The second-order valence-corrected chi connectivity index (χ2v) is 7.80. The van der Waals surface area contributed by atoms with Crippen LogP contribution in [0, 0.1) is 13.8 Å². The number of fused-ring (bicyclic) bond motifs is 1. The average molecular weight is 390 g/mol. The summed E-state index contributed by atoms with van der Waals surface area (Å²) in [6.07, 6.45) is 1.93. The molecule has 6 nitrogen and oxygen atoms in total. The number of likely N-dealkylation sites (tertiary alicyclic amines) is 1. The van der Waals surface area contributed by atoms with Gasteiger partial charge >= 0.3 is 0 Å². The molecule has 6 heteroatoms. The molecule has 1 aliphatic rings. The first-order valence-electron chi connectivity index (χ1n) is 10.1. The molecule has 2 heterocycles. The number of aromatic nitrogens is 2. The molecule has 0 unspecified atom stereocenters. The molecule has 0 saturated carbocycles. The zero-order valence-electron chi connectivity index (χ0n) is 16.9. The van der Waals surface area contributed by atoms with Crippen molar-refractivity contribution in [1.82, 2.24) is 20.2 Å². The molecule has 3 aromatic rings. The molecule has 1 aliphatic heterocycles. The number of rotatable bonds is 4. The minimum atomic E-state index is -0.215. The summed E-state index contributed by atoms with van der Waals surface area (Å²) >= 11 is 0. The molecule has 29 heavy (non-hydrogen) atoms. The van der Waals surface area contributed by atoms with E-state index in [-0.39, 0.29) is 24.3 Å². The summed E-state index contributed by atoms with van der Waals surface area (Å²) < 4.78 is 0. The largest absolute Gasteiger partial charge is 0.343 e. The van der Waals surface area contributed by atoms with Gasteiger partial charge in [-0.05, 0) is 62.1 Å². The van der Waals surface area contributed by atoms with Gasteiger partial charge in [0, 0.05) is 24.6 Å². The molecule has 0 spiro atoms. The van der Waals surface area contributed by atoms with E-state index in [9.17, 15) is 9.59 Å². The van der Waals surface area contributed by atoms with E-state index >= 15 is 0 Å². The van der Waals surface area contributed by atoms with Gasteiger partial charge in [0.15, 0.2) is 0 Å². The van der Waals surface area contributed by atoms with Gasteiger partial charge in [-0.25, -0.2) is 4.98 Å². The van der Waals surface area contributed by atoms with Crippen molar-refractivity contribution in [3.8, 4) is 0 Å². The normalized spacial score (nSPS) is 16.8. The van der Waals surface area contributed by atoms with Crippen molar-refractivity contribution in [3.05, 3.63) is 65.0 Å². The number of aromatic amines is 1. The molecule has 1 aromatic heterocycles. The lowest BCUT2D eigenvalue weighted by molar-refractivity contribution is -0.131. The smallest absolute Gasteiger partial charge is 0.251 e. The monoisotopic (exact) mass is 390 g/mol. The molecule has 1 atom stereocenters. The summed E-state index contributed by atoms with van der Waals surface area (Å²) in [6, 6.07) is 13.5. The van der Waals surface area contributed by atoms with Crippen molar-refractivity contribution in [2.45, 2.75) is 32.6 Å². The maximum atomic E-state index is 12.7. The molecule has 2 amide bonds. The maximum absolute atomic E-state index is 12.7. The van der Waals surface area contributed by atoms with Crippen LogP contribution in [-0.4, -0.2) is 46.3 Å². The fraction of sp³-hybridized carbons (Fsp3) is 0.348. The lowest BCUT2D eigenvalue weighted by Gasteiger charge is -2.32. The van der Waals surface area contributed by atoms with Crippen LogP contribution in [0.1, 0.15) is 46.1 Å². The number of amides is 2. The zero-order valence-corrected chi connectivity index (χ0v) is 16.9. The van der Waals surface area contributed by atoms with Gasteiger partial charge in [-0.15, -0.1) is 0 Å². The summed E-state index contributed by atoms with van der Waals surface area (Å²) in [5.41, 5.74) is 4.76. The molecule has 150 valence electrons. The molecule has 4 rings (SSSR count). The second-order valence-electron chi connectivity index (χ2n) is 7.80. The van der Waals surface area contributed by atoms with Crippen molar-refractivity contribution in [1.29, 1.82) is 0 Å². The number of hydrogen-bond donors (Lipinski definition) is 2. The standard InChI is InChI=1S/C23H26N4O2/c1-15-9-10-17(12-16(15)2)23(29)24-13-21(28)27-11-5-6-18(14-27)22-25-19-7-3-4-8-20(19)26-22/h3-4,7-10,12,18H,5-6,11,13-14H2,1-2H3,(H,24,29)(H,25,26)/t18-/m1/s1. The first kappa shape index (κ1) is 19.2. The predicted molar refractivity (Wildman–Crippen MR) is 113 cm³/mol. The Hall–Kier alpha value is -3.15. The fourth-order valence-corrected chi connectivity index (χ4v) is 3.85. The van der Waals surface area contributed by atoms with Gasteiger partial charge in [-0.3, -0.25) is 9.59 Å². The van der Waals surface area contributed by atoms with E-state index in [4.69, 9.17) is 4.98 Å². The summed E-state index contributed by atoms with van der Waals surface area (Å²) in [7, 11) is 0. The van der Waals surface area contributed by atoms with E-state index in [1.807, 2.05) is 55.1 Å². The van der Waals surface area contributed by atoms with Crippen LogP contribution in [0.5, 0.6) is 0 Å². The Morgan fingerprint density at radius 1 is 1.17 bits per heavy atom. The number of H-pyrrole nitrogens is 1. The van der Waals surface area contributed by atoms with Gasteiger partial charge in [-0.1, -0.05) is 18.2 Å². The molecule has 0 bridgehead atoms. The number of hydrogen-bond acceptors (Lipinski definition) is 3. The highest BCUT2D eigenvalue weighted by Gasteiger charge is 2.27. The van der Waals surface area contributed by atoms with Crippen molar-refractivity contribution < 1.29 is 9.59 Å². The molecular weight excluding hydrogens is 364 g/mol. The van der Waals surface area contributed by atoms with Gasteiger partial charge in [0.25, 0.3) is 5.91 Å². The predicted octanol–water partition coefficient (Wildman–Crippen LogP) is 3.32. The number of para-hydroxylation sites is 2. The first-order valence-corrected chi connectivity index (χ1v) is 10.1. The van der Waals surface area contributed by atoms with Gasteiger partial charge < -0.3 is 15.2 Å². The molecular formula is C23H26N4O2. The van der Waals surface area contributed by atoms with Crippen molar-refractivity contribution in [3.63, 3.8) is 0 Å².